The van der Waals surface area contributed by atoms with E-state index in [0.29, 0.717) is 45.1 Å². The minimum atomic E-state index is 0.264. The second-order valence-electron chi connectivity index (χ2n) is 23.5. The maximum absolute atomic E-state index is 13.3. The van der Waals surface area contributed by atoms with Crippen molar-refractivity contribution in [3.8, 4) is 34.9 Å². The summed E-state index contributed by atoms with van der Waals surface area (Å²) < 4.78 is 36.6. The molecule has 8 heterocycles. The molecule has 0 atom stereocenters. The van der Waals surface area contributed by atoms with Crippen LogP contribution < -0.4 is 0 Å². The quantitative estimate of drug-likeness (QED) is 0.173. The molecule has 0 radical (unpaired) electrons. The Morgan fingerprint density at radius 3 is 0.722 bits per heavy atom. The highest BCUT2D eigenvalue weighted by molar-refractivity contribution is 6.30. The number of aromatic nitrogens is 4. The molecular formula is C80H40N6O4. The van der Waals surface area contributed by atoms with Gasteiger partial charge < -0.3 is 35.9 Å². The van der Waals surface area contributed by atoms with Gasteiger partial charge in [0.25, 0.3) is 0 Å². The van der Waals surface area contributed by atoms with E-state index < -0.39 is 0 Å². The molecule has 0 N–H and O–H groups in total. The molecule has 0 spiro atoms. The van der Waals surface area contributed by atoms with Crippen LogP contribution in [0, 0.1) is 22.7 Å². The molecule has 0 amide bonds. The van der Waals surface area contributed by atoms with Crippen LogP contribution in [0.1, 0.15) is 11.1 Å². The van der Waals surface area contributed by atoms with Gasteiger partial charge in [-0.05, 0) is 97.1 Å². The summed E-state index contributed by atoms with van der Waals surface area (Å²) in [5, 5.41) is 41.4. The SMILES string of the molecule is N#Cc1c(-n2c3ccccc3c3ccc4oc5ccccc5c4c32)c(C#N)c(-n2c3ccccc3c3ccc4oc5ccccc5c4c32)c(-n2c3ccccc3c3ccc4oc5ccccc5c4c32)c1-n1c2ccccc2c2ccc3oc4ccccc4c3c21. The monoisotopic (exact) mass is 1150 g/mol. The van der Waals surface area contributed by atoms with Gasteiger partial charge in [0, 0.05) is 64.6 Å². The van der Waals surface area contributed by atoms with Crippen molar-refractivity contribution in [2.45, 2.75) is 0 Å². The molecule has 414 valence electrons. The summed E-state index contributed by atoms with van der Waals surface area (Å²) in [7, 11) is 0. The number of rotatable bonds is 4. The number of hydrogen-bond donors (Lipinski definition) is 0. The Labute approximate surface area is 507 Å². The van der Waals surface area contributed by atoms with Gasteiger partial charge in [-0.1, -0.05) is 146 Å². The van der Waals surface area contributed by atoms with Gasteiger partial charge in [0.05, 0.1) is 88.4 Å². The van der Waals surface area contributed by atoms with Crippen LogP contribution in [0.5, 0.6) is 0 Å². The van der Waals surface area contributed by atoms with Crippen molar-refractivity contribution in [3.63, 3.8) is 0 Å². The summed E-state index contributed by atoms with van der Waals surface area (Å²) >= 11 is 0. The Kier molecular flexibility index (Phi) is 8.98. The molecular weight excluding hydrogens is 1110 g/mol. The van der Waals surface area contributed by atoms with Crippen LogP contribution in [0.25, 0.3) is 198 Å². The zero-order valence-corrected chi connectivity index (χ0v) is 47.4. The fraction of sp³-hybridized carbons (Fsp3) is 0. The average Bonchev–Trinajstić information content (AvgIpc) is 1.45. The average molecular weight is 1150 g/mol. The van der Waals surface area contributed by atoms with Crippen LogP contribution in [-0.4, -0.2) is 18.3 Å². The Morgan fingerprint density at radius 2 is 0.444 bits per heavy atom. The lowest BCUT2D eigenvalue weighted by atomic mass is 9.98. The molecule has 0 aliphatic carbocycles. The zero-order chi connectivity index (χ0) is 58.8. The van der Waals surface area contributed by atoms with Gasteiger partial charge in [-0.3, -0.25) is 0 Å². The minimum Gasteiger partial charge on any atom is -0.456 e. The number of benzene rings is 13. The largest absolute Gasteiger partial charge is 0.456 e. The fourth-order valence-electron chi connectivity index (χ4n) is 15.8. The molecule has 0 bridgehead atoms. The second-order valence-corrected chi connectivity index (χ2v) is 23.5. The predicted molar refractivity (Wildman–Crippen MR) is 362 cm³/mol. The Morgan fingerprint density at radius 1 is 0.211 bits per heavy atom. The molecule has 10 heteroatoms. The van der Waals surface area contributed by atoms with E-state index in [9.17, 15) is 10.5 Å². The van der Waals surface area contributed by atoms with Gasteiger partial charge in [-0.25, -0.2) is 0 Å². The zero-order valence-electron chi connectivity index (χ0n) is 47.4. The van der Waals surface area contributed by atoms with E-state index in [0.717, 1.165) is 153 Å². The highest BCUT2D eigenvalue weighted by atomic mass is 16.3. The van der Waals surface area contributed by atoms with Gasteiger partial charge >= 0.3 is 0 Å². The molecule has 0 fully saturated rings. The van der Waals surface area contributed by atoms with Gasteiger partial charge in [0.2, 0.25) is 0 Å². The fourth-order valence-corrected chi connectivity index (χ4v) is 15.8. The molecule has 0 aliphatic heterocycles. The van der Waals surface area contributed by atoms with Crippen LogP contribution >= 0.6 is 0 Å². The van der Waals surface area contributed by atoms with Crippen LogP contribution in [0.15, 0.2) is 260 Å². The summed E-state index contributed by atoms with van der Waals surface area (Å²) in [5.41, 5.74) is 15.0. The van der Waals surface area contributed by atoms with Crippen molar-refractivity contribution in [3.05, 3.63) is 254 Å². The van der Waals surface area contributed by atoms with Crippen LogP contribution in [0.4, 0.5) is 0 Å². The van der Waals surface area contributed by atoms with E-state index in [4.69, 9.17) is 17.7 Å². The lowest BCUT2D eigenvalue weighted by molar-refractivity contribution is 0.668. The van der Waals surface area contributed by atoms with E-state index in [2.05, 4.69) is 206 Å². The summed E-state index contributed by atoms with van der Waals surface area (Å²) in [5.74, 6) is 0. The second kappa shape index (κ2) is 17.0. The maximum atomic E-state index is 13.3. The highest BCUT2D eigenvalue weighted by Gasteiger charge is 2.37. The highest BCUT2D eigenvalue weighted by Crippen LogP contribution is 2.53. The normalized spacial score (nSPS) is 12.4. The van der Waals surface area contributed by atoms with Crippen molar-refractivity contribution in [1.82, 2.24) is 18.3 Å². The first-order valence-corrected chi connectivity index (χ1v) is 30.0. The number of nitrogens with zero attached hydrogens (tertiary/aromatic N) is 6. The van der Waals surface area contributed by atoms with Crippen molar-refractivity contribution in [2.24, 2.45) is 0 Å². The topological polar surface area (TPSA) is 120 Å². The van der Waals surface area contributed by atoms with E-state index >= 15 is 0 Å². The number of fused-ring (bicyclic) bond motifs is 28. The lowest BCUT2D eigenvalue weighted by Gasteiger charge is -2.27. The van der Waals surface area contributed by atoms with E-state index in [1.807, 2.05) is 66.7 Å². The first-order valence-electron chi connectivity index (χ1n) is 30.0. The van der Waals surface area contributed by atoms with Gasteiger partial charge in [-0.15, -0.1) is 0 Å². The molecule has 8 aromatic heterocycles. The van der Waals surface area contributed by atoms with E-state index in [-0.39, 0.29) is 11.1 Å². The smallest absolute Gasteiger partial charge is 0.137 e. The number of para-hydroxylation sites is 8. The van der Waals surface area contributed by atoms with Gasteiger partial charge in [0.15, 0.2) is 0 Å². The van der Waals surface area contributed by atoms with Crippen molar-refractivity contribution < 1.29 is 17.7 Å². The van der Waals surface area contributed by atoms with Gasteiger partial charge in [0.1, 0.15) is 67.9 Å². The molecule has 13 aromatic carbocycles. The molecule has 0 saturated carbocycles. The van der Waals surface area contributed by atoms with E-state index in [1.165, 1.54) is 0 Å². The summed E-state index contributed by atoms with van der Waals surface area (Å²) in [6.45, 7) is 0. The van der Waals surface area contributed by atoms with Crippen molar-refractivity contribution in [2.75, 3.05) is 0 Å². The third-order valence-corrected chi connectivity index (χ3v) is 19.2. The lowest BCUT2D eigenvalue weighted by Crippen LogP contribution is -2.17. The third-order valence-electron chi connectivity index (χ3n) is 19.2. The maximum Gasteiger partial charge on any atom is 0.137 e. The number of nitriles is 2. The molecule has 21 rings (SSSR count). The summed E-state index contributed by atoms with van der Waals surface area (Å²) in [6.07, 6.45) is 0. The number of hydrogen-bond acceptors (Lipinski definition) is 6. The first-order chi connectivity index (χ1) is 44.6. The Hall–Kier alpha value is -12.8. The molecule has 0 aliphatic rings. The van der Waals surface area contributed by atoms with Crippen LogP contribution in [0.2, 0.25) is 0 Å². The molecule has 0 saturated heterocycles. The number of furan rings is 4. The van der Waals surface area contributed by atoms with Gasteiger partial charge in [-0.2, -0.15) is 10.5 Å². The molecule has 0 unspecified atom stereocenters. The van der Waals surface area contributed by atoms with Crippen molar-refractivity contribution >= 4 is 175 Å². The standard InChI is InChI=1S/C80H40N6O4/c81-41-55-73(83-57-25-9-1-17-43(57)47-33-37-65-69(74(47)83)51-21-5-13-29-61(51)87-65)56(42-82)79(85-59-27-11-3-19-45(59)49-35-39-67-71(76(49)85)53-23-7-15-31-63(53)89-67)80(86-60-28-12-4-20-46(60)50-36-40-68-72(77(50)86)54-24-8-16-32-64(54)90-68)78(55)84-58-26-10-2-18-44(58)48-34-38-66-70(75(48)84)52-22-6-14-30-62(52)88-66/h1-40H. The molecule has 21 aromatic rings. The predicted octanol–water partition coefficient (Wildman–Crippen LogP) is 21.4. The summed E-state index contributed by atoms with van der Waals surface area (Å²) in [4.78, 5) is 0. The molecule has 10 nitrogen and oxygen atoms in total. The Balaban J connectivity index is 1.13. The minimum absolute atomic E-state index is 0.264. The third kappa shape index (κ3) is 5.81. The van der Waals surface area contributed by atoms with Crippen molar-refractivity contribution in [1.29, 1.82) is 10.5 Å². The van der Waals surface area contributed by atoms with E-state index in [1.54, 1.807) is 0 Å². The summed E-state index contributed by atoms with van der Waals surface area (Å²) in [6, 6.07) is 89.3. The van der Waals surface area contributed by atoms with Crippen LogP contribution in [-0.2, 0) is 0 Å². The Bertz CT molecular complexity index is 6720. The first kappa shape index (κ1) is 47.5. The van der Waals surface area contributed by atoms with Crippen LogP contribution in [0.3, 0.4) is 0 Å². The molecule has 90 heavy (non-hydrogen) atoms.